The third-order valence-electron chi connectivity index (χ3n) is 4.02. The molecule has 0 spiro atoms. The average Bonchev–Trinajstić information content (AvgIpc) is 3.11. The number of hydrogen-bond donors (Lipinski definition) is 1. The first-order valence-electron chi connectivity index (χ1n) is 8.27. The Balaban J connectivity index is 1.98. The quantitative estimate of drug-likeness (QED) is 0.483. The summed E-state index contributed by atoms with van der Waals surface area (Å²) in [7, 11) is 6.33. The summed E-state index contributed by atoms with van der Waals surface area (Å²) >= 11 is 5.32. The number of aromatic nitrogens is 3. The summed E-state index contributed by atoms with van der Waals surface area (Å²) in [6.45, 7) is 0. The lowest BCUT2D eigenvalue weighted by atomic mass is 10.2. The van der Waals surface area contributed by atoms with E-state index in [-0.39, 0.29) is 0 Å². The minimum atomic E-state index is 0.363. The molecule has 9 heteroatoms. The van der Waals surface area contributed by atoms with Gasteiger partial charge in [0.2, 0.25) is 4.77 Å². The van der Waals surface area contributed by atoms with Crippen LogP contribution < -0.4 is 18.9 Å². The van der Waals surface area contributed by atoms with Gasteiger partial charge in [-0.15, -0.1) is 0 Å². The molecular formula is C19H20N4O4S. The molecule has 0 atom stereocenters. The normalized spacial score (nSPS) is 10.9. The summed E-state index contributed by atoms with van der Waals surface area (Å²) in [6.07, 6.45) is 1.66. The van der Waals surface area contributed by atoms with Crippen LogP contribution in [0.25, 0.3) is 11.4 Å². The van der Waals surface area contributed by atoms with Crippen molar-refractivity contribution in [2.45, 2.75) is 0 Å². The lowest BCUT2D eigenvalue weighted by Crippen LogP contribution is -1.97. The zero-order valence-corrected chi connectivity index (χ0v) is 16.7. The molecule has 3 rings (SSSR count). The molecule has 146 valence electrons. The van der Waals surface area contributed by atoms with E-state index in [9.17, 15) is 0 Å². The number of nitrogens with zero attached hydrogens (tertiary/aromatic N) is 3. The number of aromatic amines is 1. The highest BCUT2D eigenvalue weighted by Crippen LogP contribution is 2.31. The number of methoxy groups -OCH3 is 4. The van der Waals surface area contributed by atoms with E-state index >= 15 is 0 Å². The minimum absolute atomic E-state index is 0.363. The van der Waals surface area contributed by atoms with E-state index in [0.29, 0.717) is 33.6 Å². The molecule has 1 heterocycles. The monoisotopic (exact) mass is 400 g/mol. The summed E-state index contributed by atoms with van der Waals surface area (Å²) < 4.78 is 23.1. The van der Waals surface area contributed by atoms with Crippen molar-refractivity contribution in [2.24, 2.45) is 5.10 Å². The van der Waals surface area contributed by atoms with Gasteiger partial charge >= 0.3 is 0 Å². The fraction of sp³-hybridized carbons (Fsp3) is 0.211. The largest absolute Gasteiger partial charge is 0.493 e. The highest BCUT2D eigenvalue weighted by atomic mass is 32.1. The van der Waals surface area contributed by atoms with Gasteiger partial charge in [0.25, 0.3) is 0 Å². The van der Waals surface area contributed by atoms with Gasteiger partial charge in [0, 0.05) is 5.56 Å². The molecule has 0 amide bonds. The molecule has 0 fully saturated rings. The van der Waals surface area contributed by atoms with E-state index in [1.54, 1.807) is 40.7 Å². The maximum absolute atomic E-state index is 5.36. The van der Waals surface area contributed by atoms with Crippen molar-refractivity contribution in [3.63, 3.8) is 0 Å². The second kappa shape index (κ2) is 8.57. The molecule has 1 N–H and O–H groups in total. The highest BCUT2D eigenvalue weighted by Gasteiger charge is 2.12. The van der Waals surface area contributed by atoms with Gasteiger partial charge < -0.3 is 18.9 Å². The Morgan fingerprint density at radius 3 is 2.14 bits per heavy atom. The van der Waals surface area contributed by atoms with Crippen LogP contribution in [0.5, 0.6) is 23.0 Å². The molecule has 3 aromatic rings. The van der Waals surface area contributed by atoms with Crippen molar-refractivity contribution in [2.75, 3.05) is 28.4 Å². The first-order valence-corrected chi connectivity index (χ1v) is 8.68. The minimum Gasteiger partial charge on any atom is -0.493 e. The number of hydrogen-bond acceptors (Lipinski definition) is 7. The van der Waals surface area contributed by atoms with Gasteiger partial charge in [-0.1, -0.05) is 0 Å². The summed E-state index contributed by atoms with van der Waals surface area (Å²) in [6, 6.07) is 11.0. The number of H-pyrrole nitrogens is 1. The Labute approximate surface area is 167 Å². The Morgan fingerprint density at radius 2 is 1.50 bits per heavy atom. The van der Waals surface area contributed by atoms with Crippen molar-refractivity contribution in [1.29, 1.82) is 0 Å². The van der Waals surface area contributed by atoms with Crippen LogP contribution in [-0.2, 0) is 0 Å². The maximum Gasteiger partial charge on any atom is 0.216 e. The maximum atomic E-state index is 5.36. The SMILES string of the molecule is COc1ccc(/C=N/n2c(-c3ccc(OC)c(OC)c3)n[nH]c2=S)cc1OC. The van der Waals surface area contributed by atoms with Crippen molar-refractivity contribution in [3.8, 4) is 34.4 Å². The predicted octanol–water partition coefficient (Wildman–Crippen LogP) is 3.52. The smallest absolute Gasteiger partial charge is 0.216 e. The Hall–Kier alpha value is -3.33. The van der Waals surface area contributed by atoms with Crippen LogP contribution >= 0.6 is 12.2 Å². The van der Waals surface area contributed by atoms with Gasteiger partial charge in [-0.2, -0.15) is 14.9 Å². The first kappa shape index (κ1) is 19.4. The third-order valence-corrected chi connectivity index (χ3v) is 4.29. The summed E-state index contributed by atoms with van der Waals surface area (Å²) in [5.74, 6) is 3.01. The summed E-state index contributed by atoms with van der Waals surface area (Å²) in [5, 5.41) is 11.5. The molecule has 8 nitrogen and oxygen atoms in total. The van der Waals surface area contributed by atoms with Crippen LogP contribution in [0, 0.1) is 4.77 Å². The Morgan fingerprint density at radius 1 is 0.893 bits per heavy atom. The van der Waals surface area contributed by atoms with Gasteiger partial charge in [-0.3, -0.25) is 0 Å². The fourth-order valence-corrected chi connectivity index (χ4v) is 2.80. The lowest BCUT2D eigenvalue weighted by Gasteiger charge is -2.09. The van der Waals surface area contributed by atoms with Crippen molar-refractivity contribution >= 4 is 18.4 Å². The summed E-state index contributed by atoms with van der Waals surface area (Å²) in [4.78, 5) is 0. The molecule has 0 radical (unpaired) electrons. The standard InChI is InChI=1S/C19H20N4O4S/c1-24-14-7-5-12(9-16(14)26-3)11-20-23-18(21-22-19(23)28)13-6-8-15(25-2)17(10-13)27-4/h5-11H,1-4H3,(H,22,28)/b20-11+. The lowest BCUT2D eigenvalue weighted by molar-refractivity contribution is 0.355. The second-order valence-electron chi connectivity index (χ2n) is 5.59. The van der Waals surface area contributed by atoms with Crippen LogP contribution in [-0.4, -0.2) is 49.5 Å². The van der Waals surface area contributed by atoms with Crippen LogP contribution in [0.1, 0.15) is 5.56 Å². The van der Waals surface area contributed by atoms with Gasteiger partial charge in [0.15, 0.2) is 28.8 Å². The zero-order valence-electron chi connectivity index (χ0n) is 15.9. The molecule has 0 aliphatic rings. The van der Waals surface area contributed by atoms with Gasteiger partial charge in [-0.25, -0.2) is 5.10 Å². The van der Waals surface area contributed by atoms with Gasteiger partial charge in [0.05, 0.1) is 34.7 Å². The van der Waals surface area contributed by atoms with E-state index in [1.807, 2.05) is 30.3 Å². The van der Waals surface area contributed by atoms with E-state index < -0.39 is 0 Å². The highest BCUT2D eigenvalue weighted by molar-refractivity contribution is 7.71. The number of benzene rings is 2. The van der Waals surface area contributed by atoms with E-state index in [4.69, 9.17) is 31.2 Å². The molecule has 0 saturated heterocycles. The molecule has 2 aromatic carbocycles. The molecule has 1 aromatic heterocycles. The average molecular weight is 400 g/mol. The van der Waals surface area contributed by atoms with Gasteiger partial charge in [-0.05, 0) is 54.2 Å². The molecule has 0 unspecified atom stereocenters. The van der Waals surface area contributed by atoms with Crippen LogP contribution in [0.4, 0.5) is 0 Å². The van der Waals surface area contributed by atoms with E-state index in [2.05, 4.69) is 15.3 Å². The predicted molar refractivity (Wildman–Crippen MR) is 108 cm³/mol. The molecular weight excluding hydrogens is 380 g/mol. The third kappa shape index (κ3) is 3.84. The number of nitrogens with one attached hydrogen (secondary N) is 1. The van der Waals surface area contributed by atoms with Gasteiger partial charge in [0.1, 0.15) is 0 Å². The van der Waals surface area contributed by atoms with Crippen LogP contribution in [0.3, 0.4) is 0 Å². The Bertz CT molecular complexity index is 1060. The second-order valence-corrected chi connectivity index (χ2v) is 5.98. The van der Waals surface area contributed by atoms with Crippen LogP contribution in [0.2, 0.25) is 0 Å². The first-order chi connectivity index (χ1) is 13.6. The molecule has 0 aliphatic carbocycles. The van der Waals surface area contributed by atoms with Crippen molar-refractivity contribution < 1.29 is 18.9 Å². The van der Waals surface area contributed by atoms with E-state index in [0.717, 1.165) is 11.1 Å². The molecule has 0 aliphatic heterocycles. The zero-order chi connectivity index (χ0) is 20.1. The topological polar surface area (TPSA) is 82.9 Å². The fourth-order valence-electron chi connectivity index (χ4n) is 2.62. The molecule has 0 bridgehead atoms. The molecule has 0 saturated carbocycles. The van der Waals surface area contributed by atoms with E-state index in [1.165, 1.54) is 4.68 Å². The number of rotatable bonds is 7. The van der Waals surface area contributed by atoms with Crippen molar-refractivity contribution in [3.05, 3.63) is 46.7 Å². The number of ether oxygens (including phenoxy) is 4. The Kier molecular flexibility index (Phi) is 5.95. The van der Waals surface area contributed by atoms with Crippen molar-refractivity contribution in [1.82, 2.24) is 14.9 Å². The molecule has 28 heavy (non-hydrogen) atoms. The van der Waals surface area contributed by atoms with Crippen LogP contribution in [0.15, 0.2) is 41.5 Å². The summed E-state index contributed by atoms with van der Waals surface area (Å²) in [5.41, 5.74) is 1.59.